The number of nitrogens with zero attached hydrogens (tertiary/aromatic N) is 1. The number of hydrogen-bond acceptors (Lipinski definition) is 5. The van der Waals surface area contributed by atoms with Crippen LogP contribution >= 0.6 is 0 Å². The number of ether oxygens (including phenoxy) is 2. The van der Waals surface area contributed by atoms with E-state index in [-0.39, 0.29) is 18.5 Å². The molecule has 0 aliphatic carbocycles. The number of rotatable bonds is 6. The van der Waals surface area contributed by atoms with E-state index in [4.69, 9.17) is 9.47 Å². The Labute approximate surface area is 154 Å². The summed E-state index contributed by atoms with van der Waals surface area (Å²) in [5.74, 6) is 1.09. The summed E-state index contributed by atoms with van der Waals surface area (Å²) in [6, 6.07) is 5.86. The van der Waals surface area contributed by atoms with Crippen LogP contribution in [-0.4, -0.2) is 17.6 Å². The van der Waals surface area contributed by atoms with Crippen molar-refractivity contribution in [2.75, 3.05) is 12.1 Å². The summed E-state index contributed by atoms with van der Waals surface area (Å²) in [4.78, 5) is 17.0. The van der Waals surface area contributed by atoms with Crippen LogP contribution in [0, 0.1) is 12.8 Å². The second-order valence-electron chi connectivity index (χ2n) is 6.67. The molecular formula is C21H24N2O3. The zero-order valence-corrected chi connectivity index (χ0v) is 15.7. The third-order valence-electron chi connectivity index (χ3n) is 4.48. The topological polar surface area (TPSA) is 60.5 Å². The van der Waals surface area contributed by atoms with Gasteiger partial charge in [0.15, 0.2) is 11.5 Å². The standard InChI is InChI=1S/C21H24N2O3/c1-6-15-8-7-9-16(18(15)19(24)12(2)3)23-14(5)17-13(4)10-22-21-20(17)25-11-26-21/h7-10,12,23H,5-6,11H2,1-4H3. The van der Waals surface area contributed by atoms with Crippen LogP contribution in [0.2, 0.25) is 0 Å². The SMILES string of the molecule is C=C(Nc1cccc(CC)c1C(=O)C(C)C)c1c(C)cnc2c1OCO2. The number of aromatic nitrogens is 1. The first-order valence-electron chi connectivity index (χ1n) is 8.81. The van der Waals surface area contributed by atoms with Gasteiger partial charge in [-0.25, -0.2) is 4.98 Å². The lowest BCUT2D eigenvalue weighted by molar-refractivity contribution is 0.0939. The van der Waals surface area contributed by atoms with Gasteiger partial charge in [-0.15, -0.1) is 0 Å². The molecule has 0 saturated carbocycles. The summed E-state index contributed by atoms with van der Waals surface area (Å²) in [7, 11) is 0. The number of nitrogens with one attached hydrogen (secondary N) is 1. The number of Topliss-reactive ketones (excluding diaryl/α,β-unsaturated/α-hetero) is 1. The molecule has 0 atom stereocenters. The zero-order valence-electron chi connectivity index (χ0n) is 15.7. The predicted molar refractivity (Wildman–Crippen MR) is 103 cm³/mol. The Hall–Kier alpha value is -2.82. The number of carbonyl (C=O) groups is 1. The van der Waals surface area contributed by atoms with Crippen molar-refractivity contribution in [3.63, 3.8) is 0 Å². The summed E-state index contributed by atoms with van der Waals surface area (Å²) in [6.45, 7) is 12.1. The van der Waals surface area contributed by atoms with Crippen molar-refractivity contribution < 1.29 is 14.3 Å². The molecule has 3 rings (SSSR count). The number of pyridine rings is 1. The molecule has 1 N–H and O–H groups in total. The van der Waals surface area contributed by atoms with Crippen LogP contribution in [0.4, 0.5) is 5.69 Å². The van der Waals surface area contributed by atoms with Crippen LogP contribution in [0.1, 0.15) is 47.8 Å². The van der Waals surface area contributed by atoms with Crippen molar-refractivity contribution in [2.24, 2.45) is 5.92 Å². The molecule has 1 aliphatic rings. The van der Waals surface area contributed by atoms with Gasteiger partial charge in [0, 0.05) is 34.6 Å². The molecule has 0 amide bonds. The van der Waals surface area contributed by atoms with Crippen molar-refractivity contribution in [3.8, 4) is 11.6 Å². The molecule has 1 aromatic carbocycles. The van der Waals surface area contributed by atoms with Crippen LogP contribution in [0.3, 0.4) is 0 Å². The summed E-state index contributed by atoms with van der Waals surface area (Å²) in [6.07, 6.45) is 2.52. The van der Waals surface area contributed by atoms with Gasteiger partial charge in [-0.05, 0) is 30.5 Å². The van der Waals surface area contributed by atoms with E-state index in [9.17, 15) is 4.79 Å². The maximum absolute atomic E-state index is 12.8. The quantitative estimate of drug-likeness (QED) is 0.770. The molecule has 0 saturated heterocycles. The molecule has 0 fully saturated rings. The van der Waals surface area contributed by atoms with Crippen molar-refractivity contribution in [1.82, 2.24) is 4.98 Å². The molecular weight excluding hydrogens is 328 g/mol. The van der Waals surface area contributed by atoms with E-state index >= 15 is 0 Å². The van der Waals surface area contributed by atoms with Crippen LogP contribution in [0.15, 0.2) is 31.0 Å². The first-order valence-corrected chi connectivity index (χ1v) is 8.81. The highest BCUT2D eigenvalue weighted by Gasteiger charge is 2.24. The van der Waals surface area contributed by atoms with Gasteiger partial charge in [0.05, 0.1) is 0 Å². The highest BCUT2D eigenvalue weighted by Crippen LogP contribution is 2.39. The fourth-order valence-corrected chi connectivity index (χ4v) is 3.12. The van der Waals surface area contributed by atoms with Gasteiger partial charge >= 0.3 is 0 Å². The first kappa shape index (κ1) is 18.0. The fraction of sp³-hybridized carbons (Fsp3) is 0.333. The lowest BCUT2D eigenvalue weighted by atomic mass is 9.93. The monoisotopic (exact) mass is 352 g/mol. The van der Waals surface area contributed by atoms with Gasteiger partial charge in [-0.2, -0.15) is 0 Å². The molecule has 26 heavy (non-hydrogen) atoms. The van der Waals surface area contributed by atoms with E-state index in [1.807, 2.05) is 39.0 Å². The van der Waals surface area contributed by atoms with E-state index in [0.29, 0.717) is 17.3 Å². The van der Waals surface area contributed by atoms with Gasteiger partial charge in [0.25, 0.3) is 5.88 Å². The molecule has 1 aliphatic heterocycles. The molecule has 1 aromatic heterocycles. The maximum Gasteiger partial charge on any atom is 0.260 e. The normalized spacial score (nSPS) is 12.3. The number of carbonyl (C=O) groups excluding carboxylic acids is 1. The smallest absolute Gasteiger partial charge is 0.260 e. The summed E-state index contributed by atoms with van der Waals surface area (Å²) in [5.41, 5.74) is 4.91. The molecule has 2 aromatic rings. The van der Waals surface area contributed by atoms with Crippen molar-refractivity contribution in [1.29, 1.82) is 0 Å². The number of benzene rings is 1. The number of aryl methyl sites for hydroxylation is 2. The Bertz CT molecular complexity index is 872. The zero-order chi connectivity index (χ0) is 18.8. The Kier molecular flexibility index (Phi) is 4.98. The minimum Gasteiger partial charge on any atom is -0.451 e. The number of anilines is 1. The highest BCUT2D eigenvalue weighted by atomic mass is 16.7. The third-order valence-corrected chi connectivity index (χ3v) is 4.48. The van der Waals surface area contributed by atoms with Gasteiger partial charge in [0.2, 0.25) is 6.79 Å². The molecule has 0 bridgehead atoms. The van der Waals surface area contributed by atoms with Gasteiger partial charge < -0.3 is 14.8 Å². The average Bonchev–Trinajstić information content (AvgIpc) is 3.08. The van der Waals surface area contributed by atoms with Gasteiger partial charge in [-0.3, -0.25) is 4.79 Å². The van der Waals surface area contributed by atoms with Crippen LogP contribution in [0.25, 0.3) is 5.70 Å². The molecule has 0 spiro atoms. The van der Waals surface area contributed by atoms with Crippen LogP contribution in [0.5, 0.6) is 11.6 Å². The molecule has 5 heteroatoms. The fourth-order valence-electron chi connectivity index (χ4n) is 3.12. The van der Waals surface area contributed by atoms with Crippen molar-refractivity contribution in [2.45, 2.75) is 34.1 Å². The molecule has 136 valence electrons. The van der Waals surface area contributed by atoms with Crippen molar-refractivity contribution in [3.05, 3.63) is 53.2 Å². The second-order valence-corrected chi connectivity index (χ2v) is 6.67. The van der Waals surface area contributed by atoms with Gasteiger partial charge in [0.1, 0.15) is 0 Å². The minimum atomic E-state index is -0.0832. The molecule has 2 heterocycles. The Morgan fingerprint density at radius 3 is 2.77 bits per heavy atom. The average molecular weight is 352 g/mol. The minimum absolute atomic E-state index is 0.0832. The second kappa shape index (κ2) is 7.20. The number of ketones is 1. The maximum atomic E-state index is 12.8. The summed E-state index contributed by atoms with van der Waals surface area (Å²) in [5, 5.41) is 3.33. The summed E-state index contributed by atoms with van der Waals surface area (Å²) >= 11 is 0. The van der Waals surface area contributed by atoms with Crippen molar-refractivity contribution >= 4 is 17.2 Å². The first-order chi connectivity index (χ1) is 12.4. The highest BCUT2D eigenvalue weighted by molar-refractivity contribution is 6.05. The lowest BCUT2D eigenvalue weighted by Gasteiger charge is -2.19. The Balaban J connectivity index is 2.02. The third kappa shape index (κ3) is 3.17. The molecule has 0 radical (unpaired) electrons. The van der Waals surface area contributed by atoms with E-state index < -0.39 is 0 Å². The largest absolute Gasteiger partial charge is 0.451 e. The van der Waals surface area contributed by atoms with E-state index in [0.717, 1.165) is 34.4 Å². The van der Waals surface area contributed by atoms with E-state index in [1.54, 1.807) is 6.20 Å². The Morgan fingerprint density at radius 1 is 1.31 bits per heavy atom. The lowest BCUT2D eigenvalue weighted by Crippen LogP contribution is -2.14. The number of hydrogen-bond donors (Lipinski definition) is 1. The van der Waals surface area contributed by atoms with Crippen LogP contribution in [-0.2, 0) is 6.42 Å². The van der Waals surface area contributed by atoms with Crippen LogP contribution < -0.4 is 14.8 Å². The Morgan fingerprint density at radius 2 is 2.08 bits per heavy atom. The van der Waals surface area contributed by atoms with E-state index in [2.05, 4.69) is 23.8 Å². The molecule has 5 nitrogen and oxygen atoms in total. The predicted octanol–water partition coefficient (Wildman–Crippen LogP) is 4.60. The van der Waals surface area contributed by atoms with E-state index in [1.165, 1.54) is 0 Å². The number of fused-ring (bicyclic) bond motifs is 1. The summed E-state index contributed by atoms with van der Waals surface area (Å²) < 4.78 is 10.9. The van der Waals surface area contributed by atoms with Gasteiger partial charge in [-0.1, -0.05) is 39.5 Å². The molecule has 0 unspecified atom stereocenters.